The SMILES string of the molecule is CO[Si](O)(OC)C(C)(C)C. The summed E-state index contributed by atoms with van der Waals surface area (Å²) in [5.74, 6) is 0. The molecule has 0 aromatic carbocycles. The molecule has 0 spiro atoms. The molecule has 0 heterocycles. The van der Waals surface area contributed by atoms with Gasteiger partial charge in [0.2, 0.25) is 0 Å². The van der Waals surface area contributed by atoms with Crippen LogP contribution in [0.4, 0.5) is 0 Å². The largest absolute Gasteiger partial charge is 0.503 e. The van der Waals surface area contributed by atoms with E-state index in [1.165, 1.54) is 14.2 Å². The lowest BCUT2D eigenvalue weighted by Crippen LogP contribution is -2.49. The Bertz CT molecular complexity index is 104. The molecule has 0 saturated carbocycles. The first-order valence-electron chi connectivity index (χ1n) is 3.20. The topological polar surface area (TPSA) is 38.7 Å². The van der Waals surface area contributed by atoms with Crippen LogP contribution in [0.25, 0.3) is 0 Å². The summed E-state index contributed by atoms with van der Waals surface area (Å²) in [4.78, 5) is 9.66. The van der Waals surface area contributed by atoms with Gasteiger partial charge in [0, 0.05) is 19.3 Å². The number of hydrogen-bond acceptors (Lipinski definition) is 3. The molecule has 0 fully saturated rings. The summed E-state index contributed by atoms with van der Waals surface area (Å²) in [5, 5.41) is -0.295. The lowest BCUT2D eigenvalue weighted by molar-refractivity contribution is 0.124. The highest BCUT2D eigenvalue weighted by Gasteiger charge is 2.48. The fraction of sp³-hybridized carbons (Fsp3) is 1.00. The van der Waals surface area contributed by atoms with Crippen LogP contribution in [0.5, 0.6) is 0 Å². The van der Waals surface area contributed by atoms with E-state index in [2.05, 4.69) is 0 Å². The van der Waals surface area contributed by atoms with E-state index in [0.717, 1.165) is 0 Å². The summed E-state index contributed by atoms with van der Waals surface area (Å²) in [6.45, 7) is 5.69. The van der Waals surface area contributed by atoms with E-state index >= 15 is 0 Å². The predicted molar refractivity (Wildman–Crippen MR) is 41.7 cm³/mol. The Hall–Kier alpha value is 0.0969. The molecule has 0 amide bonds. The molecule has 10 heavy (non-hydrogen) atoms. The maximum atomic E-state index is 9.66. The van der Waals surface area contributed by atoms with Gasteiger partial charge in [-0.3, -0.25) is 0 Å². The summed E-state index contributed by atoms with van der Waals surface area (Å²) in [6, 6.07) is 0. The number of hydrogen-bond donors (Lipinski definition) is 1. The van der Waals surface area contributed by atoms with Crippen LogP contribution in [0.3, 0.4) is 0 Å². The Morgan fingerprint density at radius 1 is 1.10 bits per heavy atom. The standard InChI is InChI=1S/C6H16O3Si/c1-6(2,3)10(7,8-4)9-5/h7H,1-5H3. The van der Waals surface area contributed by atoms with E-state index in [1.807, 2.05) is 20.8 Å². The highest BCUT2D eigenvalue weighted by atomic mass is 28.4. The van der Waals surface area contributed by atoms with Gasteiger partial charge in [0.1, 0.15) is 0 Å². The second-order valence-corrected chi connectivity index (χ2v) is 6.72. The first-order chi connectivity index (χ1) is 4.37. The third-order valence-electron chi connectivity index (χ3n) is 1.50. The van der Waals surface area contributed by atoms with Crippen LogP contribution in [0, 0.1) is 0 Å². The van der Waals surface area contributed by atoms with Gasteiger partial charge in [-0.1, -0.05) is 20.8 Å². The Kier molecular flexibility index (Phi) is 3.03. The van der Waals surface area contributed by atoms with Gasteiger partial charge in [-0.2, -0.15) is 0 Å². The zero-order valence-electron chi connectivity index (χ0n) is 7.26. The quantitative estimate of drug-likeness (QED) is 0.619. The molecule has 0 unspecified atom stereocenters. The first kappa shape index (κ1) is 10.1. The minimum atomic E-state index is -2.90. The van der Waals surface area contributed by atoms with Crippen molar-refractivity contribution in [1.29, 1.82) is 0 Å². The molecule has 0 aliphatic rings. The fourth-order valence-electron chi connectivity index (χ4n) is 0.696. The smallest absolute Gasteiger partial charge is 0.389 e. The molecule has 3 nitrogen and oxygen atoms in total. The number of rotatable bonds is 2. The molecule has 0 aromatic heterocycles. The second kappa shape index (κ2) is 3.00. The molecule has 0 saturated heterocycles. The average molecular weight is 164 g/mol. The van der Waals surface area contributed by atoms with Crippen LogP contribution in [-0.2, 0) is 8.85 Å². The van der Waals surface area contributed by atoms with Gasteiger partial charge in [0.05, 0.1) is 0 Å². The van der Waals surface area contributed by atoms with Crippen LogP contribution in [-0.4, -0.2) is 27.8 Å². The maximum Gasteiger partial charge on any atom is 0.503 e. The third kappa shape index (κ3) is 1.79. The van der Waals surface area contributed by atoms with Crippen LogP contribution in [0.1, 0.15) is 20.8 Å². The Labute approximate surface area is 63.3 Å². The van der Waals surface area contributed by atoms with Crippen LogP contribution in [0.15, 0.2) is 0 Å². The predicted octanol–water partition coefficient (Wildman–Crippen LogP) is 1.01. The summed E-state index contributed by atoms with van der Waals surface area (Å²) >= 11 is 0. The van der Waals surface area contributed by atoms with Gasteiger partial charge in [-0.15, -0.1) is 0 Å². The van der Waals surface area contributed by atoms with Gasteiger partial charge in [-0.05, 0) is 0 Å². The third-order valence-corrected chi connectivity index (χ3v) is 4.50. The van der Waals surface area contributed by atoms with E-state index in [9.17, 15) is 4.80 Å². The molecule has 0 atom stereocenters. The minimum Gasteiger partial charge on any atom is -0.389 e. The van der Waals surface area contributed by atoms with Crippen molar-refractivity contribution >= 4 is 8.80 Å². The molecule has 1 N–H and O–H groups in total. The van der Waals surface area contributed by atoms with Crippen molar-refractivity contribution in [3.8, 4) is 0 Å². The summed E-state index contributed by atoms with van der Waals surface area (Å²) in [6.07, 6.45) is 0. The van der Waals surface area contributed by atoms with E-state index in [1.54, 1.807) is 0 Å². The zero-order chi connectivity index (χ0) is 8.41. The van der Waals surface area contributed by atoms with Gasteiger partial charge in [0.25, 0.3) is 0 Å². The van der Waals surface area contributed by atoms with Crippen LogP contribution < -0.4 is 0 Å². The molecule has 0 bridgehead atoms. The van der Waals surface area contributed by atoms with Crippen molar-refractivity contribution < 1.29 is 13.6 Å². The zero-order valence-corrected chi connectivity index (χ0v) is 8.26. The Balaban J connectivity index is 4.33. The van der Waals surface area contributed by atoms with Crippen molar-refractivity contribution in [1.82, 2.24) is 0 Å². The fourth-order valence-corrected chi connectivity index (χ4v) is 2.09. The van der Waals surface area contributed by atoms with Gasteiger partial charge in [0.15, 0.2) is 0 Å². The van der Waals surface area contributed by atoms with Gasteiger partial charge in [-0.25, -0.2) is 0 Å². The lowest BCUT2D eigenvalue weighted by atomic mass is 10.3. The van der Waals surface area contributed by atoms with Crippen molar-refractivity contribution in [2.24, 2.45) is 0 Å². The van der Waals surface area contributed by atoms with Gasteiger partial charge < -0.3 is 13.6 Å². The first-order valence-corrected chi connectivity index (χ1v) is 4.96. The molecule has 0 rings (SSSR count). The highest BCUT2D eigenvalue weighted by Crippen LogP contribution is 2.34. The molecule has 0 aromatic rings. The molecular formula is C6H16O3Si. The van der Waals surface area contributed by atoms with E-state index in [-0.39, 0.29) is 5.04 Å². The summed E-state index contributed by atoms with van der Waals surface area (Å²) in [5.41, 5.74) is 0. The molecular weight excluding hydrogens is 148 g/mol. The molecule has 4 heteroatoms. The van der Waals surface area contributed by atoms with E-state index < -0.39 is 8.80 Å². The molecule has 0 aliphatic carbocycles. The van der Waals surface area contributed by atoms with Crippen molar-refractivity contribution in [2.75, 3.05) is 14.2 Å². The van der Waals surface area contributed by atoms with Crippen LogP contribution >= 0.6 is 0 Å². The van der Waals surface area contributed by atoms with Crippen molar-refractivity contribution in [2.45, 2.75) is 25.8 Å². The molecule has 62 valence electrons. The van der Waals surface area contributed by atoms with E-state index in [4.69, 9.17) is 8.85 Å². The van der Waals surface area contributed by atoms with E-state index in [0.29, 0.717) is 0 Å². The second-order valence-electron chi connectivity index (χ2n) is 3.24. The Morgan fingerprint density at radius 3 is 1.40 bits per heavy atom. The lowest BCUT2D eigenvalue weighted by Gasteiger charge is -2.32. The minimum absolute atomic E-state index is 0.295. The monoisotopic (exact) mass is 164 g/mol. The van der Waals surface area contributed by atoms with Crippen molar-refractivity contribution in [3.63, 3.8) is 0 Å². The van der Waals surface area contributed by atoms with Gasteiger partial charge >= 0.3 is 8.80 Å². The highest BCUT2D eigenvalue weighted by molar-refractivity contribution is 6.62. The summed E-state index contributed by atoms with van der Waals surface area (Å²) < 4.78 is 9.85. The normalized spacial score (nSPS) is 13.8. The molecule has 0 radical (unpaired) electrons. The Morgan fingerprint density at radius 2 is 1.40 bits per heavy atom. The van der Waals surface area contributed by atoms with Crippen LogP contribution in [0.2, 0.25) is 5.04 Å². The average Bonchev–Trinajstić information content (AvgIpc) is 1.84. The van der Waals surface area contributed by atoms with Crippen molar-refractivity contribution in [3.05, 3.63) is 0 Å². The maximum absolute atomic E-state index is 9.66. The molecule has 0 aliphatic heterocycles. The summed E-state index contributed by atoms with van der Waals surface area (Å²) in [7, 11) is 0.0475.